The van der Waals surface area contributed by atoms with Crippen molar-refractivity contribution in [3.05, 3.63) is 53.9 Å². The molecule has 0 radical (unpaired) electrons. The van der Waals surface area contributed by atoms with Crippen LogP contribution in [0.15, 0.2) is 47.7 Å². The number of benzene rings is 1. The zero-order valence-electron chi connectivity index (χ0n) is 19.9. The van der Waals surface area contributed by atoms with Crippen LogP contribution in [0.5, 0.6) is 0 Å². The maximum Gasteiger partial charge on any atom is 0.408 e. The SMILES string of the molecule is CCNC(=NCc1cccc(Cn2cccn2)c1)NCC(C)(C)NC(=O)OC(C)(C)C.I. The Morgan fingerprint density at radius 2 is 1.84 bits per heavy atom. The summed E-state index contributed by atoms with van der Waals surface area (Å²) in [5, 5.41) is 13.7. The first-order chi connectivity index (χ1) is 14.6. The Balaban J connectivity index is 0.00000512. The van der Waals surface area contributed by atoms with Crippen molar-refractivity contribution in [1.82, 2.24) is 25.7 Å². The lowest BCUT2D eigenvalue weighted by molar-refractivity contribution is 0.0474. The zero-order chi connectivity index (χ0) is 22.9. The Bertz CT molecular complexity index is 860. The summed E-state index contributed by atoms with van der Waals surface area (Å²) in [6, 6.07) is 10.2. The van der Waals surface area contributed by atoms with Gasteiger partial charge in [0, 0.05) is 25.5 Å². The van der Waals surface area contributed by atoms with Gasteiger partial charge in [-0.25, -0.2) is 9.79 Å². The number of halogens is 1. The number of carbonyl (C=O) groups is 1. The minimum Gasteiger partial charge on any atom is -0.444 e. The third-order valence-electron chi connectivity index (χ3n) is 4.20. The summed E-state index contributed by atoms with van der Waals surface area (Å²) in [6.45, 7) is 13.9. The van der Waals surface area contributed by atoms with E-state index < -0.39 is 17.2 Å². The molecular formula is C23H37IN6O2. The molecule has 0 fully saturated rings. The lowest BCUT2D eigenvalue weighted by atomic mass is 10.1. The fraction of sp³-hybridized carbons (Fsp3) is 0.522. The second-order valence-corrected chi connectivity index (χ2v) is 9.08. The number of amides is 1. The van der Waals surface area contributed by atoms with E-state index in [-0.39, 0.29) is 24.0 Å². The standard InChI is InChI=1S/C23H36N6O2.HI/c1-7-24-20(26-17-23(5,6)28-21(30)31-22(2,3)4)25-15-18-10-8-11-19(14-18)16-29-13-9-12-27-29;/h8-14H,7,15-17H2,1-6H3,(H,28,30)(H2,24,25,26);1H. The highest BCUT2D eigenvalue weighted by atomic mass is 127. The number of guanidine groups is 1. The predicted molar refractivity (Wildman–Crippen MR) is 139 cm³/mol. The van der Waals surface area contributed by atoms with Gasteiger partial charge in [0.2, 0.25) is 0 Å². The summed E-state index contributed by atoms with van der Waals surface area (Å²) in [6.07, 6.45) is 3.29. The van der Waals surface area contributed by atoms with E-state index >= 15 is 0 Å². The minimum absolute atomic E-state index is 0. The summed E-state index contributed by atoms with van der Waals surface area (Å²) in [5.41, 5.74) is 1.25. The number of carbonyl (C=O) groups excluding carboxylic acids is 1. The van der Waals surface area contributed by atoms with Crippen LogP contribution < -0.4 is 16.0 Å². The summed E-state index contributed by atoms with van der Waals surface area (Å²) in [5.74, 6) is 0.694. The molecular weight excluding hydrogens is 519 g/mol. The molecule has 0 aliphatic rings. The van der Waals surface area contributed by atoms with Crippen molar-refractivity contribution in [2.24, 2.45) is 4.99 Å². The minimum atomic E-state index is -0.532. The Morgan fingerprint density at radius 3 is 2.47 bits per heavy atom. The van der Waals surface area contributed by atoms with E-state index in [1.165, 1.54) is 5.56 Å². The van der Waals surface area contributed by atoms with Gasteiger partial charge in [-0.1, -0.05) is 24.3 Å². The first kappa shape index (κ1) is 27.7. The molecule has 0 aliphatic heterocycles. The molecule has 1 heterocycles. The topological polar surface area (TPSA) is 92.6 Å². The van der Waals surface area contributed by atoms with Crippen molar-refractivity contribution in [3.8, 4) is 0 Å². The fourth-order valence-corrected chi connectivity index (χ4v) is 2.85. The molecule has 0 unspecified atom stereocenters. The van der Waals surface area contributed by atoms with Crippen LogP contribution in [0, 0.1) is 0 Å². The maximum atomic E-state index is 12.1. The van der Waals surface area contributed by atoms with Gasteiger partial charge < -0.3 is 20.7 Å². The van der Waals surface area contributed by atoms with Gasteiger partial charge in [0.15, 0.2) is 5.96 Å². The first-order valence-corrected chi connectivity index (χ1v) is 10.6. The number of nitrogens with zero attached hydrogens (tertiary/aromatic N) is 3. The summed E-state index contributed by atoms with van der Waals surface area (Å²) in [7, 11) is 0. The lowest BCUT2D eigenvalue weighted by Gasteiger charge is -2.29. The number of hydrogen-bond donors (Lipinski definition) is 3. The summed E-state index contributed by atoms with van der Waals surface area (Å²) >= 11 is 0. The van der Waals surface area contributed by atoms with Crippen LogP contribution in [0.25, 0.3) is 0 Å². The van der Waals surface area contributed by atoms with Crippen molar-refractivity contribution in [2.45, 2.75) is 65.8 Å². The number of ether oxygens (including phenoxy) is 1. The number of aromatic nitrogens is 2. The van der Waals surface area contributed by atoms with Gasteiger partial charge in [0.05, 0.1) is 18.6 Å². The van der Waals surface area contributed by atoms with Crippen LogP contribution in [0.2, 0.25) is 0 Å². The Kier molecular flexibility index (Phi) is 11.0. The maximum absolute atomic E-state index is 12.1. The Morgan fingerprint density at radius 1 is 1.12 bits per heavy atom. The van der Waals surface area contributed by atoms with Crippen LogP contribution >= 0.6 is 24.0 Å². The second-order valence-electron chi connectivity index (χ2n) is 9.08. The highest BCUT2D eigenvalue weighted by Crippen LogP contribution is 2.10. The molecule has 0 atom stereocenters. The average molecular weight is 556 g/mol. The molecule has 0 aliphatic carbocycles. The first-order valence-electron chi connectivity index (χ1n) is 10.6. The normalized spacial score (nSPS) is 12.0. The molecule has 178 valence electrons. The van der Waals surface area contributed by atoms with Gasteiger partial charge in [0.25, 0.3) is 0 Å². The summed E-state index contributed by atoms with van der Waals surface area (Å²) in [4.78, 5) is 16.8. The van der Waals surface area contributed by atoms with Gasteiger partial charge in [-0.05, 0) is 58.7 Å². The van der Waals surface area contributed by atoms with Gasteiger partial charge in [0.1, 0.15) is 5.60 Å². The largest absolute Gasteiger partial charge is 0.444 e. The molecule has 2 rings (SSSR count). The zero-order valence-corrected chi connectivity index (χ0v) is 22.3. The number of aliphatic imine (C=N–C) groups is 1. The lowest BCUT2D eigenvalue weighted by Crippen LogP contribution is -2.54. The smallest absolute Gasteiger partial charge is 0.408 e. The van der Waals surface area contributed by atoms with E-state index in [9.17, 15) is 4.79 Å². The van der Waals surface area contributed by atoms with E-state index in [1.807, 2.05) is 64.6 Å². The van der Waals surface area contributed by atoms with Crippen LogP contribution in [0.1, 0.15) is 52.7 Å². The molecule has 0 spiro atoms. The van der Waals surface area contributed by atoms with Gasteiger partial charge >= 0.3 is 6.09 Å². The molecule has 1 amide bonds. The molecule has 0 saturated heterocycles. The molecule has 0 saturated carbocycles. The van der Waals surface area contributed by atoms with Crippen LogP contribution in [-0.4, -0.2) is 46.1 Å². The van der Waals surface area contributed by atoms with Gasteiger partial charge in [-0.3, -0.25) is 4.68 Å². The molecule has 2 aromatic rings. The van der Waals surface area contributed by atoms with E-state index in [4.69, 9.17) is 9.73 Å². The van der Waals surface area contributed by atoms with Crippen LogP contribution in [-0.2, 0) is 17.8 Å². The average Bonchev–Trinajstić information content (AvgIpc) is 3.15. The molecule has 32 heavy (non-hydrogen) atoms. The molecule has 8 nitrogen and oxygen atoms in total. The molecule has 1 aromatic heterocycles. The monoisotopic (exact) mass is 556 g/mol. The van der Waals surface area contributed by atoms with E-state index in [2.05, 4.69) is 39.2 Å². The summed E-state index contributed by atoms with van der Waals surface area (Å²) < 4.78 is 7.25. The fourth-order valence-electron chi connectivity index (χ4n) is 2.85. The highest BCUT2D eigenvalue weighted by Gasteiger charge is 2.24. The Hall–Kier alpha value is -2.30. The van der Waals surface area contributed by atoms with Gasteiger partial charge in [-0.15, -0.1) is 24.0 Å². The van der Waals surface area contributed by atoms with E-state index in [0.29, 0.717) is 19.0 Å². The third-order valence-corrected chi connectivity index (χ3v) is 4.20. The Labute approximate surface area is 208 Å². The van der Waals surface area contributed by atoms with Crippen molar-refractivity contribution in [1.29, 1.82) is 0 Å². The number of alkyl carbamates (subject to hydrolysis) is 1. The van der Waals surface area contributed by atoms with Crippen LogP contribution in [0.3, 0.4) is 0 Å². The highest BCUT2D eigenvalue weighted by molar-refractivity contribution is 14.0. The van der Waals surface area contributed by atoms with Crippen molar-refractivity contribution in [2.75, 3.05) is 13.1 Å². The second kappa shape index (κ2) is 12.7. The molecule has 9 heteroatoms. The molecule has 0 bridgehead atoms. The quantitative estimate of drug-likeness (QED) is 0.261. The molecule has 3 N–H and O–H groups in total. The number of nitrogens with one attached hydrogen (secondary N) is 3. The van der Waals surface area contributed by atoms with E-state index in [0.717, 1.165) is 18.7 Å². The predicted octanol–water partition coefficient (Wildman–Crippen LogP) is 3.91. The van der Waals surface area contributed by atoms with Crippen LogP contribution in [0.4, 0.5) is 4.79 Å². The molecule has 1 aromatic carbocycles. The number of hydrogen-bond acceptors (Lipinski definition) is 4. The van der Waals surface area contributed by atoms with Crippen molar-refractivity contribution in [3.63, 3.8) is 0 Å². The van der Waals surface area contributed by atoms with Crippen molar-refractivity contribution >= 4 is 36.0 Å². The third kappa shape index (κ3) is 10.8. The van der Waals surface area contributed by atoms with Crippen molar-refractivity contribution < 1.29 is 9.53 Å². The van der Waals surface area contributed by atoms with Gasteiger partial charge in [-0.2, -0.15) is 5.10 Å². The number of rotatable bonds is 8. The van der Waals surface area contributed by atoms with E-state index in [1.54, 1.807) is 6.20 Å².